The van der Waals surface area contributed by atoms with Gasteiger partial charge >= 0.3 is 0 Å². The molecule has 0 unspecified atom stereocenters. The van der Waals surface area contributed by atoms with Crippen molar-refractivity contribution in [3.05, 3.63) is 29.6 Å². The summed E-state index contributed by atoms with van der Waals surface area (Å²) in [5.41, 5.74) is 6.30. The molecule has 0 bridgehead atoms. The van der Waals surface area contributed by atoms with E-state index in [2.05, 4.69) is 5.32 Å². The highest BCUT2D eigenvalue weighted by atomic mass is 32.1. The van der Waals surface area contributed by atoms with E-state index >= 15 is 0 Å². The fraction of sp³-hybridized carbons (Fsp3) is 0.417. The van der Waals surface area contributed by atoms with Crippen molar-refractivity contribution in [1.29, 1.82) is 0 Å². The Bertz CT molecular complexity index is 402. The number of rotatable bonds is 8. The minimum atomic E-state index is -0.423. The Hall–Kier alpha value is -1.24. The highest BCUT2D eigenvalue weighted by Crippen LogP contribution is 2.14. The summed E-state index contributed by atoms with van der Waals surface area (Å²) in [5.74, 6) is -0.423. The van der Waals surface area contributed by atoms with E-state index in [1.165, 1.54) is 6.07 Å². The van der Waals surface area contributed by atoms with Crippen LogP contribution in [0.25, 0.3) is 0 Å². The molecule has 0 amide bonds. The summed E-state index contributed by atoms with van der Waals surface area (Å²) in [6, 6.07) is 4.65. The molecule has 3 N–H and O–H groups in total. The molecular formula is C12H17FN2O2S. The monoisotopic (exact) mass is 272 g/mol. The van der Waals surface area contributed by atoms with Gasteiger partial charge in [-0.2, -0.15) is 0 Å². The molecule has 0 heterocycles. The van der Waals surface area contributed by atoms with Crippen LogP contribution in [0.4, 0.5) is 10.1 Å². The second kappa shape index (κ2) is 7.97. The zero-order valence-electron chi connectivity index (χ0n) is 10.2. The summed E-state index contributed by atoms with van der Waals surface area (Å²) in [4.78, 5) is 0.0574. The average molecular weight is 272 g/mol. The van der Waals surface area contributed by atoms with Crippen LogP contribution in [0.15, 0.2) is 18.2 Å². The first-order valence-electron chi connectivity index (χ1n) is 5.55. The Labute approximate surface area is 111 Å². The number of methoxy groups -OCH3 is 1. The lowest BCUT2D eigenvalue weighted by atomic mass is 10.2. The molecular weight excluding hydrogens is 255 g/mol. The molecule has 0 fully saturated rings. The van der Waals surface area contributed by atoms with Crippen LogP contribution in [0.2, 0.25) is 0 Å². The van der Waals surface area contributed by atoms with Crippen LogP contribution in [0.3, 0.4) is 0 Å². The maximum absolute atomic E-state index is 13.5. The molecule has 0 aliphatic rings. The average Bonchev–Trinajstić information content (AvgIpc) is 2.33. The molecule has 0 aliphatic carbocycles. The summed E-state index contributed by atoms with van der Waals surface area (Å²) in [6.07, 6.45) is 0. The second-order valence-electron chi connectivity index (χ2n) is 3.59. The van der Waals surface area contributed by atoms with E-state index in [9.17, 15) is 4.39 Å². The van der Waals surface area contributed by atoms with Gasteiger partial charge in [0.05, 0.1) is 19.8 Å². The lowest BCUT2D eigenvalue weighted by Gasteiger charge is -2.08. The Morgan fingerprint density at radius 1 is 1.39 bits per heavy atom. The van der Waals surface area contributed by atoms with Crippen LogP contribution >= 0.6 is 12.2 Å². The van der Waals surface area contributed by atoms with Gasteiger partial charge in [-0.1, -0.05) is 12.2 Å². The maximum Gasteiger partial charge on any atom is 0.135 e. The molecule has 0 spiro atoms. The van der Waals surface area contributed by atoms with E-state index in [4.69, 9.17) is 27.4 Å². The predicted octanol–water partition coefficient (Wildman–Crippen LogP) is 1.53. The summed E-state index contributed by atoms with van der Waals surface area (Å²) < 4.78 is 23.6. The van der Waals surface area contributed by atoms with E-state index in [0.29, 0.717) is 32.1 Å². The van der Waals surface area contributed by atoms with Gasteiger partial charge in [-0.15, -0.1) is 0 Å². The van der Waals surface area contributed by atoms with Gasteiger partial charge in [0, 0.05) is 24.9 Å². The van der Waals surface area contributed by atoms with Crippen LogP contribution in [-0.4, -0.2) is 38.5 Å². The van der Waals surface area contributed by atoms with Crippen molar-refractivity contribution < 1.29 is 13.9 Å². The van der Waals surface area contributed by atoms with E-state index in [0.717, 1.165) is 0 Å². The van der Waals surface area contributed by atoms with Gasteiger partial charge in [-0.25, -0.2) is 4.39 Å². The SMILES string of the molecule is COCCOCCNc1ccc(C(N)=S)c(F)c1. The van der Waals surface area contributed by atoms with Crippen molar-refractivity contribution in [2.45, 2.75) is 0 Å². The number of benzene rings is 1. The molecule has 100 valence electrons. The Kier molecular flexibility index (Phi) is 6.56. The Morgan fingerprint density at radius 2 is 2.17 bits per heavy atom. The van der Waals surface area contributed by atoms with Crippen molar-refractivity contribution >= 4 is 22.9 Å². The summed E-state index contributed by atoms with van der Waals surface area (Å²) in [5, 5.41) is 3.04. The van der Waals surface area contributed by atoms with Crippen LogP contribution in [0, 0.1) is 5.82 Å². The molecule has 0 aliphatic heterocycles. The van der Waals surface area contributed by atoms with Crippen LogP contribution in [-0.2, 0) is 9.47 Å². The van der Waals surface area contributed by atoms with Crippen molar-refractivity contribution in [2.24, 2.45) is 5.73 Å². The van der Waals surface area contributed by atoms with Crippen LogP contribution < -0.4 is 11.1 Å². The first-order valence-corrected chi connectivity index (χ1v) is 5.96. The van der Waals surface area contributed by atoms with E-state index in [1.807, 2.05) is 0 Å². The van der Waals surface area contributed by atoms with Crippen LogP contribution in [0.5, 0.6) is 0 Å². The van der Waals surface area contributed by atoms with Gasteiger partial charge < -0.3 is 20.5 Å². The fourth-order valence-corrected chi connectivity index (χ4v) is 1.50. The number of anilines is 1. The van der Waals surface area contributed by atoms with Crippen molar-refractivity contribution in [3.8, 4) is 0 Å². The van der Waals surface area contributed by atoms with Gasteiger partial charge in [-0.05, 0) is 18.2 Å². The third-order valence-corrected chi connectivity index (χ3v) is 2.46. The van der Waals surface area contributed by atoms with Crippen LogP contribution in [0.1, 0.15) is 5.56 Å². The summed E-state index contributed by atoms with van der Waals surface area (Å²) in [6.45, 7) is 2.24. The molecule has 0 atom stereocenters. The van der Waals surface area contributed by atoms with E-state index < -0.39 is 5.82 Å². The molecule has 0 saturated heterocycles. The number of hydrogen-bond donors (Lipinski definition) is 2. The maximum atomic E-state index is 13.5. The summed E-state index contributed by atoms with van der Waals surface area (Å²) in [7, 11) is 1.62. The second-order valence-corrected chi connectivity index (χ2v) is 4.03. The molecule has 6 heteroatoms. The van der Waals surface area contributed by atoms with Gasteiger partial charge in [0.2, 0.25) is 0 Å². The molecule has 1 aromatic carbocycles. The molecule has 18 heavy (non-hydrogen) atoms. The lowest BCUT2D eigenvalue weighted by Crippen LogP contribution is -2.14. The first kappa shape index (κ1) is 14.8. The van der Waals surface area contributed by atoms with E-state index in [-0.39, 0.29) is 10.6 Å². The molecule has 0 radical (unpaired) electrons. The third-order valence-electron chi connectivity index (χ3n) is 2.24. The van der Waals surface area contributed by atoms with E-state index in [1.54, 1.807) is 19.2 Å². The van der Waals surface area contributed by atoms with Gasteiger partial charge in [0.25, 0.3) is 0 Å². The van der Waals surface area contributed by atoms with Gasteiger partial charge in [0.1, 0.15) is 10.8 Å². The number of hydrogen-bond acceptors (Lipinski definition) is 4. The highest BCUT2D eigenvalue weighted by Gasteiger charge is 2.05. The minimum absolute atomic E-state index is 0.0574. The van der Waals surface area contributed by atoms with Crippen molar-refractivity contribution in [2.75, 3.05) is 38.8 Å². The topological polar surface area (TPSA) is 56.5 Å². The largest absolute Gasteiger partial charge is 0.389 e. The lowest BCUT2D eigenvalue weighted by molar-refractivity contribution is 0.0759. The molecule has 0 aromatic heterocycles. The zero-order chi connectivity index (χ0) is 13.4. The fourth-order valence-electron chi connectivity index (χ4n) is 1.34. The van der Waals surface area contributed by atoms with Crippen molar-refractivity contribution in [1.82, 2.24) is 0 Å². The number of ether oxygens (including phenoxy) is 2. The molecule has 4 nitrogen and oxygen atoms in total. The first-order chi connectivity index (χ1) is 8.65. The minimum Gasteiger partial charge on any atom is -0.389 e. The number of thiocarbonyl (C=S) groups is 1. The molecule has 0 saturated carbocycles. The van der Waals surface area contributed by atoms with Crippen molar-refractivity contribution in [3.63, 3.8) is 0 Å². The summed E-state index contributed by atoms with van der Waals surface area (Å²) >= 11 is 4.73. The predicted molar refractivity (Wildman–Crippen MR) is 73.5 cm³/mol. The number of nitrogens with two attached hydrogens (primary N) is 1. The standard InChI is InChI=1S/C12H17FN2O2S/c1-16-6-7-17-5-4-15-9-2-3-10(12(14)18)11(13)8-9/h2-3,8,15H,4-7H2,1H3,(H2,14,18). The quantitative estimate of drug-likeness (QED) is 0.555. The smallest absolute Gasteiger partial charge is 0.135 e. The normalized spacial score (nSPS) is 10.3. The Morgan fingerprint density at radius 3 is 2.78 bits per heavy atom. The number of halogens is 1. The van der Waals surface area contributed by atoms with Gasteiger partial charge in [-0.3, -0.25) is 0 Å². The Balaban J connectivity index is 2.35. The zero-order valence-corrected chi connectivity index (χ0v) is 11.1. The third kappa shape index (κ3) is 4.95. The van der Waals surface area contributed by atoms with Gasteiger partial charge in [0.15, 0.2) is 0 Å². The highest BCUT2D eigenvalue weighted by molar-refractivity contribution is 7.80. The molecule has 1 rings (SSSR count). The molecule has 1 aromatic rings. The number of nitrogens with one attached hydrogen (secondary N) is 1.